The number of ether oxygens (including phenoxy) is 1. The van der Waals surface area contributed by atoms with E-state index in [1.165, 1.54) is 16.0 Å². The average Bonchev–Trinajstić information content (AvgIpc) is 2.67. The summed E-state index contributed by atoms with van der Waals surface area (Å²) in [5.41, 5.74) is 4.82. The van der Waals surface area contributed by atoms with Crippen LogP contribution in [0.2, 0.25) is 10.0 Å². The van der Waals surface area contributed by atoms with Gasteiger partial charge in [-0.15, -0.1) is 0 Å². The maximum Gasteiger partial charge on any atom is 0.108 e. The van der Waals surface area contributed by atoms with Crippen molar-refractivity contribution < 1.29 is 9.64 Å². The minimum atomic E-state index is -0.138. The lowest BCUT2D eigenvalue weighted by Crippen LogP contribution is -3.08. The molecule has 0 aliphatic heterocycles. The smallest absolute Gasteiger partial charge is 0.108 e. The van der Waals surface area contributed by atoms with Crippen molar-refractivity contribution in [2.24, 2.45) is 0 Å². The lowest BCUT2D eigenvalue weighted by molar-refractivity contribution is -0.894. The van der Waals surface area contributed by atoms with Crippen LogP contribution in [-0.2, 0) is 11.3 Å². The molecule has 0 aliphatic carbocycles. The Morgan fingerprint density at radius 2 is 1.43 bits per heavy atom. The van der Waals surface area contributed by atoms with E-state index in [4.69, 9.17) is 27.9 Å². The molecule has 0 saturated carbocycles. The molecule has 28 heavy (non-hydrogen) atoms. The van der Waals surface area contributed by atoms with Gasteiger partial charge in [-0.3, -0.25) is 0 Å². The molecule has 0 heterocycles. The predicted octanol–water partition coefficient (Wildman–Crippen LogP) is 5.12. The Morgan fingerprint density at radius 1 is 0.857 bits per heavy atom. The molecule has 2 nitrogen and oxygen atoms in total. The molecule has 0 aromatic heterocycles. The summed E-state index contributed by atoms with van der Waals surface area (Å²) >= 11 is 12.1. The normalized spacial score (nSPS) is 12.3. The van der Waals surface area contributed by atoms with Gasteiger partial charge in [-0.1, -0.05) is 77.3 Å². The van der Waals surface area contributed by atoms with Gasteiger partial charge in [-0.25, -0.2) is 0 Å². The third kappa shape index (κ3) is 6.08. The van der Waals surface area contributed by atoms with E-state index in [0.717, 1.165) is 34.3 Å². The van der Waals surface area contributed by atoms with Gasteiger partial charge in [-0.05, 0) is 42.3 Å². The van der Waals surface area contributed by atoms with Gasteiger partial charge in [0.05, 0.1) is 13.7 Å². The summed E-state index contributed by atoms with van der Waals surface area (Å²) in [7, 11) is 2.20. The lowest BCUT2D eigenvalue weighted by Gasteiger charge is -2.21. The average molecular weight is 415 g/mol. The molecule has 3 aromatic rings. The number of hydrogen-bond donors (Lipinski definition) is 1. The van der Waals surface area contributed by atoms with Gasteiger partial charge in [0.1, 0.15) is 19.2 Å². The summed E-state index contributed by atoms with van der Waals surface area (Å²) in [5.74, 6) is 0. The number of benzene rings is 3. The Balaban J connectivity index is 1.64. The molecule has 1 unspecified atom stereocenters. The maximum atomic E-state index is 6.32. The highest BCUT2D eigenvalue weighted by Gasteiger charge is 2.16. The standard InChI is InChI=1S/C24H25Cl2NO/c1-18-4-3-5-19(16-18)17-27(2)14-15-28-24(20-6-10-22(25)11-7-20)21-8-12-23(26)13-9-21/h3-13,16,24H,14-15,17H2,1-2H3/p+1. The number of nitrogens with one attached hydrogen (secondary N) is 1. The number of rotatable bonds is 8. The molecule has 4 heteroatoms. The first kappa shape index (κ1) is 20.9. The Hall–Kier alpha value is -1.84. The van der Waals surface area contributed by atoms with E-state index in [0.29, 0.717) is 6.61 Å². The van der Waals surface area contributed by atoms with Crippen LogP contribution in [0.4, 0.5) is 0 Å². The Morgan fingerprint density at radius 3 is 1.96 bits per heavy atom. The van der Waals surface area contributed by atoms with Crippen molar-refractivity contribution in [1.29, 1.82) is 0 Å². The summed E-state index contributed by atoms with van der Waals surface area (Å²) < 4.78 is 6.32. The Kier molecular flexibility index (Phi) is 7.52. The van der Waals surface area contributed by atoms with Crippen LogP contribution >= 0.6 is 23.2 Å². The van der Waals surface area contributed by atoms with Crippen LogP contribution in [0.1, 0.15) is 28.4 Å². The number of likely N-dealkylation sites (N-methyl/N-ethyl adjacent to an activating group) is 1. The van der Waals surface area contributed by atoms with Crippen molar-refractivity contribution in [2.75, 3.05) is 20.2 Å². The van der Waals surface area contributed by atoms with Crippen LogP contribution in [0.5, 0.6) is 0 Å². The van der Waals surface area contributed by atoms with Crippen LogP contribution in [0.25, 0.3) is 0 Å². The first-order valence-corrected chi connectivity index (χ1v) is 10.3. The highest BCUT2D eigenvalue weighted by Crippen LogP contribution is 2.28. The van der Waals surface area contributed by atoms with Gasteiger partial charge in [-0.2, -0.15) is 0 Å². The fraction of sp³-hybridized carbons (Fsp3) is 0.250. The molecule has 0 aliphatic rings. The first-order valence-electron chi connectivity index (χ1n) is 9.50. The van der Waals surface area contributed by atoms with Gasteiger partial charge in [0.25, 0.3) is 0 Å². The van der Waals surface area contributed by atoms with Crippen LogP contribution < -0.4 is 4.90 Å². The zero-order chi connectivity index (χ0) is 19.9. The number of hydrogen-bond acceptors (Lipinski definition) is 1. The highest BCUT2D eigenvalue weighted by molar-refractivity contribution is 6.30. The fourth-order valence-corrected chi connectivity index (χ4v) is 3.52. The fourth-order valence-electron chi connectivity index (χ4n) is 3.27. The quantitative estimate of drug-likeness (QED) is 0.539. The second kappa shape index (κ2) is 10.1. The van der Waals surface area contributed by atoms with E-state index < -0.39 is 0 Å². The minimum Gasteiger partial charge on any atom is -0.363 e. The van der Waals surface area contributed by atoms with Gasteiger partial charge in [0.2, 0.25) is 0 Å². The molecule has 0 saturated heterocycles. The molecular weight excluding hydrogens is 389 g/mol. The summed E-state index contributed by atoms with van der Waals surface area (Å²) in [4.78, 5) is 1.41. The Bertz CT molecular complexity index is 832. The van der Waals surface area contributed by atoms with Crippen molar-refractivity contribution in [3.8, 4) is 0 Å². The minimum absolute atomic E-state index is 0.138. The third-order valence-corrected chi connectivity index (χ3v) is 5.25. The molecule has 3 aromatic carbocycles. The van der Waals surface area contributed by atoms with Crippen molar-refractivity contribution >= 4 is 23.2 Å². The maximum absolute atomic E-state index is 6.32. The van der Waals surface area contributed by atoms with E-state index in [9.17, 15) is 0 Å². The third-order valence-electron chi connectivity index (χ3n) is 4.75. The van der Waals surface area contributed by atoms with Crippen LogP contribution in [-0.4, -0.2) is 20.2 Å². The molecule has 0 amide bonds. The number of aryl methyl sites for hydroxylation is 1. The molecule has 146 valence electrons. The molecule has 0 spiro atoms. The van der Waals surface area contributed by atoms with Gasteiger partial charge in [0, 0.05) is 15.6 Å². The first-order chi connectivity index (χ1) is 13.5. The van der Waals surface area contributed by atoms with E-state index >= 15 is 0 Å². The molecule has 3 rings (SSSR count). The lowest BCUT2D eigenvalue weighted by atomic mass is 10.0. The zero-order valence-corrected chi connectivity index (χ0v) is 17.8. The molecule has 0 radical (unpaired) electrons. The molecule has 1 atom stereocenters. The van der Waals surface area contributed by atoms with Crippen molar-refractivity contribution in [3.63, 3.8) is 0 Å². The van der Waals surface area contributed by atoms with E-state index in [1.54, 1.807) is 0 Å². The molecular formula is C24H26Cl2NO+. The summed E-state index contributed by atoms with van der Waals surface area (Å²) in [6.45, 7) is 4.70. The van der Waals surface area contributed by atoms with Gasteiger partial charge in [0.15, 0.2) is 0 Å². The van der Waals surface area contributed by atoms with Crippen LogP contribution in [0, 0.1) is 6.92 Å². The largest absolute Gasteiger partial charge is 0.363 e. The van der Waals surface area contributed by atoms with E-state index in [1.807, 2.05) is 48.5 Å². The van der Waals surface area contributed by atoms with Crippen molar-refractivity contribution in [1.82, 2.24) is 0 Å². The van der Waals surface area contributed by atoms with Gasteiger partial charge < -0.3 is 9.64 Å². The molecule has 0 bridgehead atoms. The molecule has 0 fully saturated rings. The number of halogens is 2. The monoisotopic (exact) mass is 414 g/mol. The SMILES string of the molecule is Cc1cccc(C[NH+](C)CCOC(c2ccc(Cl)cc2)c2ccc(Cl)cc2)c1. The summed E-state index contributed by atoms with van der Waals surface area (Å²) in [5, 5.41) is 1.45. The second-order valence-corrected chi connectivity index (χ2v) is 8.10. The predicted molar refractivity (Wildman–Crippen MR) is 117 cm³/mol. The van der Waals surface area contributed by atoms with Crippen LogP contribution in [0.15, 0.2) is 72.8 Å². The van der Waals surface area contributed by atoms with E-state index in [2.05, 4.69) is 38.2 Å². The van der Waals surface area contributed by atoms with E-state index in [-0.39, 0.29) is 6.10 Å². The van der Waals surface area contributed by atoms with Crippen molar-refractivity contribution in [3.05, 3.63) is 105 Å². The van der Waals surface area contributed by atoms with Crippen LogP contribution in [0.3, 0.4) is 0 Å². The van der Waals surface area contributed by atoms with Gasteiger partial charge >= 0.3 is 0 Å². The number of quaternary nitrogens is 1. The Labute approximate surface area is 177 Å². The summed E-state index contributed by atoms with van der Waals surface area (Å²) in [6, 6.07) is 24.4. The van der Waals surface area contributed by atoms with Crippen molar-refractivity contribution in [2.45, 2.75) is 19.6 Å². The zero-order valence-electron chi connectivity index (χ0n) is 16.3. The topological polar surface area (TPSA) is 13.7 Å². The summed E-state index contributed by atoms with van der Waals surface area (Å²) in [6.07, 6.45) is -0.138. The second-order valence-electron chi connectivity index (χ2n) is 7.23. The molecule has 1 N–H and O–H groups in total. The highest BCUT2D eigenvalue weighted by atomic mass is 35.5.